The Morgan fingerprint density at radius 3 is 2.62 bits per heavy atom. The number of rotatable bonds is 6. The van der Waals surface area contributed by atoms with E-state index in [4.69, 9.17) is 5.73 Å². The highest BCUT2D eigenvalue weighted by Crippen LogP contribution is 2.28. The predicted octanol–water partition coefficient (Wildman–Crippen LogP) is 4.09. The molecule has 1 aromatic carbocycles. The Labute approximate surface area is 154 Å². The van der Waals surface area contributed by atoms with E-state index in [-0.39, 0.29) is 30.4 Å². The fourth-order valence-electron chi connectivity index (χ4n) is 3.37. The largest absolute Gasteiger partial charge is 0.348 e. The van der Waals surface area contributed by atoms with Crippen LogP contribution >= 0.6 is 23.7 Å². The number of hydrogen-bond acceptors (Lipinski definition) is 3. The number of hydrogen-bond donors (Lipinski definition) is 2. The first-order valence-electron chi connectivity index (χ1n) is 8.34. The van der Waals surface area contributed by atoms with Crippen LogP contribution in [0.15, 0.2) is 47.8 Å². The minimum atomic E-state index is 0. The summed E-state index contributed by atoms with van der Waals surface area (Å²) >= 11 is 1.70. The van der Waals surface area contributed by atoms with Gasteiger partial charge in [0.05, 0.1) is 6.04 Å². The van der Waals surface area contributed by atoms with Crippen LogP contribution in [-0.4, -0.2) is 11.9 Å². The normalized spacial score (nSPS) is 21.0. The van der Waals surface area contributed by atoms with E-state index < -0.39 is 0 Å². The summed E-state index contributed by atoms with van der Waals surface area (Å²) < 4.78 is 0. The van der Waals surface area contributed by atoms with Crippen LogP contribution in [-0.2, 0) is 11.2 Å². The van der Waals surface area contributed by atoms with Gasteiger partial charge in [-0.05, 0) is 42.2 Å². The fraction of sp³-hybridized carbons (Fsp3) is 0.421. The summed E-state index contributed by atoms with van der Waals surface area (Å²) in [4.78, 5) is 13.7. The maximum Gasteiger partial charge on any atom is 0.220 e. The zero-order valence-corrected chi connectivity index (χ0v) is 15.3. The van der Waals surface area contributed by atoms with Gasteiger partial charge in [-0.25, -0.2) is 0 Å². The van der Waals surface area contributed by atoms with E-state index in [2.05, 4.69) is 28.9 Å². The first-order chi connectivity index (χ1) is 11.2. The summed E-state index contributed by atoms with van der Waals surface area (Å²) in [6, 6.07) is 14.7. The predicted molar refractivity (Wildman–Crippen MR) is 103 cm³/mol. The lowest BCUT2D eigenvalue weighted by Crippen LogP contribution is -2.34. The molecular weight excluding hydrogens is 340 g/mol. The van der Waals surface area contributed by atoms with Gasteiger partial charge >= 0.3 is 0 Å². The first kappa shape index (κ1) is 19.0. The molecule has 0 saturated heterocycles. The molecule has 3 nitrogen and oxygen atoms in total. The van der Waals surface area contributed by atoms with Crippen molar-refractivity contribution in [1.29, 1.82) is 0 Å². The summed E-state index contributed by atoms with van der Waals surface area (Å²) in [6.45, 7) is 0. The van der Waals surface area contributed by atoms with Crippen LogP contribution in [0.3, 0.4) is 0 Å². The number of nitrogens with one attached hydrogen (secondary N) is 1. The van der Waals surface area contributed by atoms with Gasteiger partial charge in [0.15, 0.2) is 0 Å². The molecule has 0 aliphatic heterocycles. The van der Waals surface area contributed by atoms with Gasteiger partial charge < -0.3 is 11.1 Å². The molecule has 3 N–H and O–H groups in total. The Hall–Kier alpha value is -1.36. The molecule has 3 atom stereocenters. The van der Waals surface area contributed by atoms with Crippen LogP contribution in [0.5, 0.6) is 0 Å². The lowest BCUT2D eigenvalue weighted by Gasteiger charge is -2.20. The van der Waals surface area contributed by atoms with Gasteiger partial charge in [-0.3, -0.25) is 4.79 Å². The molecular formula is C19H25ClN2OS. The molecule has 1 saturated carbocycles. The summed E-state index contributed by atoms with van der Waals surface area (Å²) in [7, 11) is 0. The minimum absolute atomic E-state index is 0. The molecule has 5 heteroatoms. The van der Waals surface area contributed by atoms with E-state index >= 15 is 0 Å². The fourth-order valence-corrected chi connectivity index (χ4v) is 4.15. The number of halogens is 1. The molecule has 0 spiro atoms. The maximum absolute atomic E-state index is 12.5. The minimum Gasteiger partial charge on any atom is -0.348 e. The topological polar surface area (TPSA) is 55.1 Å². The van der Waals surface area contributed by atoms with Crippen molar-refractivity contribution < 1.29 is 4.79 Å². The van der Waals surface area contributed by atoms with Crippen LogP contribution in [0.25, 0.3) is 0 Å². The first-order valence-corrected chi connectivity index (χ1v) is 9.22. The summed E-state index contributed by atoms with van der Waals surface area (Å²) in [5.74, 6) is 0.470. The molecule has 1 unspecified atom stereocenters. The van der Waals surface area contributed by atoms with E-state index in [1.165, 1.54) is 10.4 Å². The van der Waals surface area contributed by atoms with E-state index in [0.717, 1.165) is 25.7 Å². The van der Waals surface area contributed by atoms with E-state index in [1.807, 2.05) is 24.3 Å². The molecule has 1 aliphatic rings. The van der Waals surface area contributed by atoms with Crippen LogP contribution in [0.1, 0.15) is 42.2 Å². The van der Waals surface area contributed by atoms with Gasteiger partial charge in [0.1, 0.15) is 0 Å². The molecule has 0 bridgehead atoms. The van der Waals surface area contributed by atoms with Crippen LogP contribution in [0.4, 0.5) is 0 Å². The molecule has 24 heavy (non-hydrogen) atoms. The smallest absolute Gasteiger partial charge is 0.220 e. The van der Waals surface area contributed by atoms with Crippen molar-refractivity contribution in [2.45, 2.75) is 44.2 Å². The molecule has 3 rings (SSSR count). The molecule has 1 fully saturated rings. The third kappa shape index (κ3) is 5.07. The molecule has 1 heterocycles. The highest BCUT2D eigenvalue weighted by Gasteiger charge is 2.27. The zero-order valence-electron chi connectivity index (χ0n) is 13.7. The second-order valence-electron chi connectivity index (χ2n) is 6.38. The number of nitrogens with two attached hydrogens (primary N) is 1. The standard InChI is InChI=1S/C19H24N2OS.ClH/c20-16-9-4-8-15(16)13-19(22)21-17(18-10-5-11-23-18)12-14-6-2-1-3-7-14;/h1-3,5-7,10-11,15-17H,4,8-9,12-13,20H2,(H,21,22);1H/t15-,16+,17?;/m0./s1. The Morgan fingerprint density at radius 2 is 2.00 bits per heavy atom. The van der Waals surface area contributed by atoms with Crippen molar-refractivity contribution >= 4 is 29.7 Å². The molecule has 130 valence electrons. The van der Waals surface area contributed by atoms with Crippen molar-refractivity contribution in [1.82, 2.24) is 5.32 Å². The van der Waals surface area contributed by atoms with E-state index in [0.29, 0.717) is 12.3 Å². The molecule has 0 radical (unpaired) electrons. The van der Waals surface area contributed by atoms with Crippen molar-refractivity contribution in [2.75, 3.05) is 0 Å². The molecule has 1 amide bonds. The van der Waals surface area contributed by atoms with Gasteiger partial charge in [0, 0.05) is 17.3 Å². The molecule has 1 aromatic heterocycles. The zero-order chi connectivity index (χ0) is 16.1. The van der Waals surface area contributed by atoms with E-state index in [1.54, 1.807) is 11.3 Å². The van der Waals surface area contributed by atoms with Gasteiger partial charge in [-0.15, -0.1) is 23.7 Å². The van der Waals surface area contributed by atoms with Gasteiger partial charge in [0.25, 0.3) is 0 Å². The van der Waals surface area contributed by atoms with Crippen molar-refractivity contribution in [3.8, 4) is 0 Å². The lowest BCUT2D eigenvalue weighted by atomic mass is 9.99. The number of carbonyl (C=O) groups is 1. The summed E-state index contributed by atoms with van der Waals surface area (Å²) in [5, 5.41) is 5.29. The molecule has 2 aromatic rings. The van der Waals surface area contributed by atoms with Gasteiger partial charge in [-0.2, -0.15) is 0 Å². The number of amides is 1. The SMILES string of the molecule is Cl.N[C@@H]1CCC[C@H]1CC(=O)NC(Cc1ccccc1)c1cccs1. The quantitative estimate of drug-likeness (QED) is 0.811. The van der Waals surface area contributed by atoms with Crippen molar-refractivity contribution in [3.05, 3.63) is 58.3 Å². The molecule has 1 aliphatic carbocycles. The maximum atomic E-state index is 12.5. The third-order valence-corrected chi connectivity index (χ3v) is 5.66. The summed E-state index contributed by atoms with van der Waals surface area (Å²) in [5.41, 5.74) is 7.34. The Kier molecular flexibility index (Phi) is 7.28. The van der Waals surface area contributed by atoms with Gasteiger partial charge in [0.2, 0.25) is 5.91 Å². The number of carbonyl (C=O) groups excluding carboxylic acids is 1. The average Bonchev–Trinajstić information content (AvgIpc) is 3.20. The second-order valence-corrected chi connectivity index (χ2v) is 7.36. The number of benzene rings is 1. The second kappa shape index (κ2) is 9.21. The van der Waals surface area contributed by atoms with Crippen molar-refractivity contribution in [2.24, 2.45) is 11.7 Å². The highest BCUT2D eigenvalue weighted by atomic mass is 35.5. The highest BCUT2D eigenvalue weighted by molar-refractivity contribution is 7.10. The monoisotopic (exact) mass is 364 g/mol. The van der Waals surface area contributed by atoms with Crippen LogP contribution in [0.2, 0.25) is 0 Å². The Morgan fingerprint density at radius 1 is 1.21 bits per heavy atom. The Bertz CT molecular complexity index is 618. The third-order valence-electron chi connectivity index (χ3n) is 4.67. The number of thiophene rings is 1. The van der Waals surface area contributed by atoms with Crippen LogP contribution < -0.4 is 11.1 Å². The van der Waals surface area contributed by atoms with Gasteiger partial charge in [-0.1, -0.05) is 42.8 Å². The average molecular weight is 365 g/mol. The Balaban J connectivity index is 0.00000208. The lowest BCUT2D eigenvalue weighted by molar-refractivity contribution is -0.122. The van der Waals surface area contributed by atoms with E-state index in [9.17, 15) is 4.79 Å². The summed E-state index contributed by atoms with van der Waals surface area (Å²) in [6.07, 6.45) is 4.66. The van der Waals surface area contributed by atoms with Crippen molar-refractivity contribution in [3.63, 3.8) is 0 Å². The van der Waals surface area contributed by atoms with Crippen LogP contribution in [0, 0.1) is 5.92 Å².